The van der Waals surface area contributed by atoms with Gasteiger partial charge in [-0.1, -0.05) is 48.9 Å². The lowest BCUT2D eigenvalue weighted by atomic mass is 10.0. The molecule has 1 N–H and O–H groups in total. The van der Waals surface area contributed by atoms with Gasteiger partial charge in [0.15, 0.2) is 0 Å². The van der Waals surface area contributed by atoms with E-state index < -0.39 is 10.0 Å². The molecule has 1 atom stereocenters. The third kappa shape index (κ3) is 6.35. The lowest BCUT2D eigenvalue weighted by Gasteiger charge is -2.23. The van der Waals surface area contributed by atoms with Gasteiger partial charge in [0, 0.05) is 5.56 Å². The first kappa shape index (κ1) is 24.3. The zero-order valence-electron chi connectivity index (χ0n) is 19.4. The molecule has 3 aromatic rings. The average molecular weight is 467 g/mol. The molecule has 0 saturated carbocycles. The van der Waals surface area contributed by atoms with Gasteiger partial charge in [0.2, 0.25) is 10.0 Å². The van der Waals surface area contributed by atoms with Crippen LogP contribution in [-0.2, 0) is 16.6 Å². The first-order valence-electron chi connectivity index (χ1n) is 10.8. The lowest BCUT2D eigenvalue weighted by Crippen LogP contribution is -2.30. The number of ether oxygens (including phenoxy) is 1. The van der Waals surface area contributed by atoms with Crippen molar-refractivity contribution in [2.45, 2.75) is 32.9 Å². The molecule has 0 spiro atoms. The Labute approximate surface area is 196 Å². The van der Waals surface area contributed by atoms with Crippen LogP contribution in [-0.4, -0.2) is 27.7 Å². The Balaban J connectivity index is 1.76. The summed E-state index contributed by atoms with van der Waals surface area (Å²) in [7, 11) is -1.89. The minimum atomic E-state index is -3.50. The molecule has 0 radical (unpaired) electrons. The van der Waals surface area contributed by atoms with E-state index >= 15 is 0 Å². The van der Waals surface area contributed by atoms with Gasteiger partial charge < -0.3 is 10.1 Å². The standard InChI is InChI=1S/C26H30N2O4S/c1-5-25(21-12-16-24(32-3)17-13-21)27-26(29)22-10-14-23(15-11-22)28(33(4,30)31)18-20-8-6-19(2)7-9-20/h6-17,25H,5,18H2,1-4H3,(H,27,29). The van der Waals surface area contributed by atoms with Gasteiger partial charge in [-0.15, -0.1) is 0 Å². The van der Waals surface area contributed by atoms with E-state index in [1.165, 1.54) is 10.6 Å². The number of rotatable bonds is 9. The monoisotopic (exact) mass is 466 g/mol. The Bertz CT molecular complexity index is 1170. The maximum Gasteiger partial charge on any atom is 0.251 e. The molecule has 3 rings (SSSR count). The van der Waals surface area contributed by atoms with Crippen LogP contribution in [0.5, 0.6) is 5.75 Å². The molecule has 0 aliphatic rings. The molecule has 0 saturated heterocycles. The number of carbonyl (C=O) groups is 1. The zero-order chi connectivity index (χ0) is 24.0. The zero-order valence-corrected chi connectivity index (χ0v) is 20.2. The SMILES string of the molecule is CCC(NC(=O)c1ccc(N(Cc2ccc(C)cc2)S(C)(=O)=O)cc1)c1ccc(OC)cc1. The summed E-state index contributed by atoms with van der Waals surface area (Å²) < 4.78 is 31.4. The molecule has 0 bridgehead atoms. The Morgan fingerprint density at radius 1 is 0.970 bits per heavy atom. The van der Waals surface area contributed by atoms with E-state index in [1.54, 1.807) is 31.4 Å². The fourth-order valence-corrected chi connectivity index (χ4v) is 4.43. The summed E-state index contributed by atoms with van der Waals surface area (Å²) in [5.74, 6) is 0.547. The topological polar surface area (TPSA) is 75.7 Å². The van der Waals surface area contributed by atoms with E-state index in [0.29, 0.717) is 11.3 Å². The van der Waals surface area contributed by atoms with Crippen LogP contribution in [0.3, 0.4) is 0 Å². The second-order valence-electron chi connectivity index (χ2n) is 8.01. The summed E-state index contributed by atoms with van der Waals surface area (Å²) in [5, 5.41) is 3.05. The number of methoxy groups -OCH3 is 1. The molecule has 1 amide bonds. The summed E-state index contributed by atoms with van der Waals surface area (Å²) >= 11 is 0. The normalized spacial score (nSPS) is 12.1. The van der Waals surface area contributed by atoms with Crippen molar-refractivity contribution in [3.8, 4) is 5.75 Å². The van der Waals surface area contributed by atoms with Crippen LogP contribution >= 0.6 is 0 Å². The van der Waals surface area contributed by atoms with Crippen LogP contribution < -0.4 is 14.4 Å². The van der Waals surface area contributed by atoms with Crippen LogP contribution in [0.4, 0.5) is 5.69 Å². The van der Waals surface area contributed by atoms with Crippen molar-refractivity contribution < 1.29 is 17.9 Å². The van der Waals surface area contributed by atoms with Crippen molar-refractivity contribution >= 4 is 21.6 Å². The van der Waals surface area contributed by atoms with Gasteiger partial charge in [-0.3, -0.25) is 9.10 Å². The predicted molar refractivity (Wildman–Crippen MR) is 132 cm³/mol. The molecule has 0 heterocycles. The second-order valence-corrected chi connectivity index (χ2v) is 9.92. The second kappa shape index (κ2) is 10.5. The molecule has 0 fully saturated rings. The van der Waals surface area contributed by atoms with Crippen molar-refractivity contribution in [2.75, 3.05) is 17.7 Å². The van der Waals surface area contributed by atoms with Crippen molar-refractivity contribution in [3.05, 3.63) is 95.1 Å². The molecule has 1 unspecified atom stereocenters. The lowest BCUT2D eigenvalue weighted by molar-refractivity contribution is 0.0935. The highest BCUT2D eigenvalue weighted by Gasteiger charge is 2.19. The minimum Gasteiger partial charge on any atom is -0.497 e. The first-order valence-corrected chi connectivity index (χ1v) is 12.6. The number of hydrogen-bond acceptors (Lipinski definition) is 4. The molecule has 7 heteroatoms. The highest BCUT2D eigenvalue weighted by atomic mass is 32.2. The van der Waals surface area contributed by atoms with E-state index in [0.717, 1.165) is 28.9 Å². The molecule has 3 aromatic carbocycles. The largest absolute Gasteiger partial charge is 0.497 e. The maximum absolute atomic E-state index is 12.8. The van der Waals surface area contributed by atoms with Crippen LogP contribution in [0.2, 0.25) is 0 Å². The number of nitrogens with one attached hydrogen (secondary N) is 1. The van der Waals surface area contributed by atoms with Crippen molar-refractivity contribution in [1.29, 1.82) is 0 Å². The molecule has 6 nitrogen and oxygen atoms in total. The van der Waals surface area contributed by atoms with Crippen LogP contribution in [0.1, 0.15) is 46.4 Å². The third-order valence-corrected chi connectivity index (χ3v) is 6.64. The van der Waals surface area contributed by atoms with Gasteiger partial charge in [-0.05, 0) is 60.9 Å². The van der Waals surface area contributed by atoms with E-state index in [-0.39, 0.29) is 18.5 Å². The predicted octanol–water partition coefficient (Wildman–Crippen LogP) is 4.85. The average Bonchev–Trinajstić information content (AvgIpc) is 2.81. The van der Waals surface area contributed by atoms with E-state index in [2.05, 4.69) is 5.32 Å². The van der Waals surface area contributed by atoms with Gasteiger partial charge in [0.25, 0.3) is 5.91 Å². The Morgan fingerprint density at radius 2 is 1.58 bits per heavy atom. The van der Waals surface area contributed by atoms with Crippen LogP contribution in [0, 0.1) is 6.92 Å². The number of carbonyl (C=O) groups excluding carboxylic acids is 1. The van der Waals surface area contributed by atoms with Crippen molar-refractivity contribution in [1.82, 2.24) is 5.32 Å². The van der Waals surface area contributed by atoms with E-state index in [1.807, 2.05) is 62.4 Å². The Hall–Kier alpha value is -3.32. The van der Waals surface area contributed by atoms with Crippen molar-refractivity contribution in [2.24, 2.45) is 0 Å². The van der Waals surface area contributed by atoms with E-state index in [9.17, 15) is 13.2 Å². The fourth-order valence-electron chi connectivity index (χ4n) is 3.54. The summed E-state index contributed by atoms with van der Waals surface area (Å²) in [6.07, 6.45) is 1.91. The highest BCUT2D eigenvalue weighted by Crippen LogP contribution is 2.23. The maximum atomic E-state index is 12.8. The summed E-state index contributed by atoms with van der Waals surface area (Å²) in [6, 6.07) is 21.8. The van der Waals surface area contributed by atoms with Gasteiger partial charge in [0.1, 0.15) is 5.75 Å². The number of hydrogen-bond donors (Lipinski definition) is 1. The Morgan fingerprint density at radius 3 is 2.09 bits per heavy atom. The number of anilines is 1. The van der Waals surface area contributed by atoms with Crippen LogP contribution in [0.15, 0.2) is 72.8 Å². The number of nitrogens with zero attached hydrogens (tertiary/aromatic N) is 1. The number of aryl methyl sites for hydroxylation is 1. The summed E-state index contributed by atoms with van der Waals surface area (Å²) in [4.78, 5) is 12.8. The fraction of sp³-hybridized carbons (Fsp3) is 0.269. The molecular weight excluding hydrogens is 436 g/mol. The smallest absolute Gasteiger partial charge is 0.251 e. The highest BCUT2D eigenvalue weighted by molar-refractivity contribution is 7.92. The molecule has 0 aromatic heterocycles. The number of benzene rings is 3. The van der Waals surface area contributed by atoms with Crippen LogP contribution in [0.25, 0.3) is 0 Å². The summed E-state index contributed by atoms with van der Waals surface area (Å²) in [5.41, 5.74) is 3.97. The molecule has 0 aliphatic heterocycles. The molecule has 0 aliphatic carbocycles. The third-order valence-electron chi connectivity index (χ3n) is 5.50. The van der Waals surface area contributed by atoms with E-state index in [4.69, 9.17) is 4.74 Å². The quantitative estimate of drug-likeness (QED) is 0.489. The minimum absolute atomic E-state index is 0.142. The van der Waals surface area contributed by atoms with Gasteiger partial charge in [-0.25, -0.2) is 8.42 Å². The molecule has 174 valence electrons. The first-order chi connectivity index (χ1) is 15.7. The number of sulfonamides is 1. The molecular formula is C26H30N2O4S. The van der Waals surface area contributed by atoms with Gasteiger partial charge in [0.05, 0.1) is 31.6 Å². The Kier molecular flexibility index (Phi) is 7.76. The molecule has 33 heavy (non-hydrogen) atoms. The number of amides is 1. The summed E-state index contributed by atoms with van der Waals surface area (Å²) in [6.45, 7) is 4.22. The van der Waals surface area contributed by atoms with Gasteiger partial charge >= 0.3 is 0 Å². The van der Waals surface area contributed by atoms with Gasteiger partial charge in [-0.2, -0.15) is 0 Å². The van der Waals surface area contributed by atoms with Crippen molar-refractivity contribution in [3.63, 3.8) is 0 Å².